The molecule has 1 aromatic rings. The van der Waals surface area contributed by atoms with Crippen molar-refractivity contribution in [2.75, 3.05) is 32.1 Å². The van der Waals surface area contributed by atoms with Gasteiger partial charge in [-0.25, -0.2) is 4.68 Å². The van der Waals surface area contributed by atoms with Crippen LogP contribution in [0.3, 0.4) is 0 Å². The molecule has 1 fully saturated rings. The fourth-order valence-electron chi connectivity index (χ4n) is 2.77. The van der Waals surface area contributed by atoms with Crippen molar-refractivity contribution in [2.45, 2.75) is 25.8 Å². The Kier molecular flexibility index (Phi) is 3.75. The number of aromatic nitrogens is 2. The molecular weight excluding hydrogens is 246 g/mol. The largest absolute Gasteiger partial charge is 0.350 e. The van der Waals surface area contributed by atoms with E-state index in [9.17, 15) is 10.1 Å². The maximum Gasteiger partial charge on any atom is 0.333 e. The van der Waals surface area contributed by atoms with Crippen molar-refractivity contribution in [2.24, 2.45) is 7.05 Å². The van der Waals surface area contributed by atoms with Crippen molar-refractivity contribution in [3.05, 3.63) is 15.8 Å². The smallest absolute Gasteiger partial charge is 0.333 e. The van der Waals surface area contributed by atoms with Crippen LogP contribution in [0.4, 0.5) is 11.5 Å². The summed E-state index contributed by atoms with van der Waals surface area (Å²) < 4.78 is 1.63. The average Bonchev–Trinajstić information content (AvgIpc) is 2.64. The highest BCUT2D eigenvalue weighted by atomic mass is 16.6. The zero-order valence-corrected chi connectivity index (χ0v) is 12.0. The van der Waals surface area contributed by atoms with Crippen LogP contribution in [0.2, 0.25) is 0 Å². The first-order chi connectivity index (χ1) is 8.91. The van der Waals surface area contributed by atoms with E-state index in [1.807, 2.05) is 0 Å². The van der Waals surface area contributed by atoms with Gasteiger partial charge in [-0.15, -0.1) is 0 Å². The van der Waals surface area contributed by atoms with E-state index in [0.29, 0.717) is 17.6 Å². The quantitative estimate of drug-likeness (QED) is 0.607. The summed E-state index contributed by atoms with van der Waals surface area (Å²) in [6.07, 6.45) is 2.18. The van der Waals surface area contributed by atoms with Crippen LogP contribution in [0, 0.1) is 17.0 Å². The van der Waals surface area contributed by atoms with Gasteiger partial charge in [-0.05, 0) is 33.9 Å². The highest BCUT2D eigenvalue weighted by Crippen LogP contribution is 2.32. The van der Waals surface area contributed by atoms with E-state index < -0.39 is 0 Å². The highest BCUT2D eigenvalue weighted by Gasteiger charge is 2.31. The van der Waals surface area contributed by atoms with Crippen LogP contribution >= 0.6 is 0 Å². The summed E-state index contributed by atoms with van der Waals surface area (Å²) in [5.41, 5.74) is 0.622. The lowest BCUT2D eigenvalue weighted by atomic mass is 10.0. The van der Waals surface area contributed by atoms with Crippen molar-refractivity contribution in [1.29, 1.82) is 0 Å². The summed E-state index contributed by atoms with van der Waals surface area (Å²) in [6.45, 7) is 3.35. The van der Waals surface area contributed by atoms with Crippen molar-refractivity contribution in [3.8, 4) is 0 Å². The van der Waals surface area contributed by atoms with E-state index in [2.05, 4.69) is 29.0 Å². The Labute approximate surface area is 112 Å². The molecule has 1 unspecified atom stereocenters. The molecule has 0 spiro atoms. The van der Waals surface area contributed by atoms with Gasteiger partial charge in [0.15, 0.2) is 0 Å². The van der Waals surface area contributed by atoms with Gasteiger partial charge in [0.25, 0.3) is 0 Å². The minimum absolute atomic E-state index is 0.141. The zero-order chi connectivity index (χ0) is 14.2. The molecule has 1 aromatic heterocycles. The number of piperidine rings is 1. The number of anilines is 1. The molecule has 2 heterocycles. The Balaban J connectivity index is 2.33. The van der Waals surface area contributed by atoms with Crippen molar-refractivity contribution < 1.29 is 4.92 Å². The number of likely N-dealkylation sites (N-methyl/N-ethyl adjacent to an activating group) is 1. The highest BCUT2D eigenvalue weighted by molar-refractivity contribution is 5.61. The third-order valence-corrected chi connectivity index (χ3v) is 3.77. The lowest BCUT2D eigenvalue weighted by Crippen LogP contribution is -2.45. The van der Waals surface area contributed by atoms with Crippen molar-refractivity contribution in [3.63, 3.8) is 0 Å². The molecule has 7 nitrogen and oxygen atoms in total. The summed E-state index contributed by atoms with van der Waals surface area (Å²) >= 11 is 0. The fourth-order valence-corrected chi connectivity index (χ4v) is 2.77. The summed E-state index contributed by atoms with van der Waals surface area (Å²) in [5.74, 6) is 0.633. The van der Waals surface area contributed by atoms with Crippen LogP contribution in [0.1, 0.15) is 18.5 Å². The number of nitrogens with zero attached hydrogens (tertiary/aromatic N) is 5. The first-order valence-corrected chi connectivity index (χ1v) is 6.51. The van der Waals surface area contributed by atoms with Gasteiger partial charge in [0, 0.05) is 26.2 Å². The standard InChI is InChI=1S/C12H21N5O2/c1-9-11(17(18)19)12(15(4)13-9)16-7-5-6-10(8-16)14(2)3/h10H,5-8H2,1-4H3. The summed E-state index contributed by atoms with van der Waals surface area (Å²) in [7, 11) is 5.88. The Hall–Kier alpha value is -1.63. The number of rotatable bonds is 3. The lowest BCUT2D eigenvalue weighted by molar-refractivity contribution is -0.384. The molecule has 1 aliphatic heterocycles. The van der Waals surface area contributed by atoms with Crippen molar-refractivity contribution in [1.82, 2.24) is 14.7 Å². The Morgan fingerprint density at radius 1 is 1.47 bits per heavy atom. The van der Waals surface area contributed by atoms with Crippen molar-refractivity contribution >= 4 is 11.5 Å². The van der Waals surface area contributed by atoms with Crippen LogP contribution in [0.25, 0.3) is 0 Å². The minimum atomic E-state index is -0.322. The average molecular weight is 267 g/mol. The first kappa shape index (κ1) is 13.8. The molecule has 1 saturated heterocycles. The Bertz CT molecular complexity index is 483. The van der Waals surface area contributed by atoms with Gasteiger partial charge in [-0.3, -0.25) is 10.1 Å². The van der Waals surface area contributed by atoms with E-state index in [1.165, 1.54) is 0 Å². The van der Waals surface area contributed by atoms with Crippen LogP contribution in [0.15, 0.2) is 0 Å². The second-order valence-electron chi connectivity index (χ2n) is 5.34. The predicted octanol–water partition coefficient (Wildman–Crippen LogP) is 1.17. The SMILES string of the molecule is Cc1nn(C)c(N2CCCC(N(C)C)C2)c1[N+](=O)[O-]. The molecule has 0 amide bonds. The summed E-state index contributed by atoms with van der Waals surface area (Å²) in [5, 5.41) is 15.4. The maximum absolute atomic E-state index is 11.2. The van der Waals surface area contributed by atoms with Crippen LogP contribution in [0.5, 0.6) is 0 Å². The lowest BCUT2D eigenvalue weighted by Gasteiger charge is -2.36. The number of aryl methyl sites for hydroxylation is 2. The maximum atomic E-state index is 11.2. The molecule has 0 radical (unpaired) electrons. The van der Waals surface area contributed by atoms with E-state index in [4.69, 9.17) is 0 Å². The molecule has 0 aliphatic carbocycles. The Morgan fingerprint density at radius 3 is 2.74 bits per heavy atom. The molecule has 2 rings (SSSR count). The monoisotopic (exact) mass is 267 g/mol. The normalized spacial score (nSPS) is 20.1. The van der Waals surface area contributed by atoms with E-state index in [-0.39, 0.29) is 10.6 Å². The predicted molar refractivity (Wildman–Crippen MR) is 73.5 cm³/mol. The van der Waals surface area contributed by atoms with E-state index >= 15 is 0 Å². The number of nitro groups is 1. The molecule has 0 aromatic carbocycles. The van der Waals surface area contributed by atoms with Crippen LogP contribution < -0.4 is 4.90 Å². The molecule has 106 valence electrons. The summed E-state index contributed by atoms with van der Waals surface area (Å²) in [6, 6.07) is 0.434. The third kappa shape index (κ3) is 2.56. The molecule has 0 saturated carbocycles. The van der Waals surface area contributed by atoms with Crippen LogP contribution in [-0.4, -0.2) is 52.8 Å². The second kappa shape index (κ2) is 5.16. The Morgan fingerprint density at radius 2 is 2.16 bits per heavy atom. The number of hydrogen-bond acceptors (Lipinski definition) is 5. The second-order valence-corrected chi connectivity index (χ2v) is 5.34. The fraction of sp³-hybridized carbons (Fsp3) is 0.750. The van der Waals surface area contributed by atoms with E-state index in [1.54, 1.807) is 18.7 Å². The van der Waals surface area contributed by atoms with Gasteiger partial charge in [0.05, 0.1) is 4.92 Å². The van der Waals surface area contributed by atoms with Crippen LogP contribution in [-0.2, 0) is 7.05 Å². The zero-order valence-electron chi connectivity index (χ0n) is 12.0. The van der Waals surface area contributed by atoms with Gasteiger partial charge in [0.2, 0.25) is 5.82 Å². The van der Waals surface area contributed by atoms with Gasteiger partial charge in [-0.1, -0.05) is 0 Å². The first-order valence-electron chi connectivity index (χ1n) is 6.51. The van der Waals surface area contributed by atoms with Gasteiger partial charge < -0.3 is 9.80 Å². The molecule has 0 N–H and O–H groups in total. The third-order valence-electron chi connectivity index (χ3n) is 3.77. The molecule has 1 aliphatic rings. The van der Waals surface area contributed by atoms with Gasteiger partial charge >= 0.3 is 5.69 Å². The van der Waals surface area contributed by atoms with E-state index in [0.717, 1.165) is 25.9 Å². The van der Waals surface area contributed by atoms with Gasteiger partial charge in [0.1, 0.15) is 5.69 Å². The minimum Gasteiger partial charge on any atom is -0.350 e. The molecule has 0 bridgehead atoms. The topological polar surface area (TPSA) is 67.4 Å². The molecule has 19 heavy (non-hydrogen) atoms. The van der Waals surface area contributed by atoms with Gasteiger partial charge in [-0.2, -0.15) is 5.10 Å². The molecular formula is C12H21N5O2. The molecule has 7 heteroatoms. The summed E-state index contributed by atoms with van der Waals surface area (Å²) in [4.78, 5) is 15.2. The molecule has 1 atom stereocenters. The number of hydrogen-bond donors (Lipinski definition) is 0.